The summed E-state index contributed by atoms with van der Waals surface area (Å²) in [4.78, 5) is 13.5. The maximum Gasteiger partial charge on any atom is 0.343 e. The van der Waals surface area contributed by atoms with Crippen LogP contribution in [0.3, 0.4) is 0 Å². The average molecular weight is 336 g/mol. The fourth-order valence-electron chi connectivity index (χ4n) is 1.16. The van der Waals surface area contributed by atoms with Crippen molar-refractivity contribution in [2.45, 2.75) is 9.79 Å². The zero-order chi connectivity index (χ0) is 16.3. The molecular formula is C9H12N4O6S2. The number of hydrogen-bond acceptors (Lipinski definition) is 7. The van der Waals surface area contributed by atoms with Crippen LogP contribution in [-0.4, -0.2) is 35.3 Å². The highest BCUT2D eigenvalue weighted by Gasteiger charge is 2.22. The van der Waals surface area contributed by atoms with Gasteiger partial charge in [0.2, 0.25) is 10.0 Å². The Kier molecular flexibility index (Phi) is 4.88. The van der Waals surface area contributed by atoms with Crippen molar-refractivity contribution in [2.75, 3.05) is 6.54 Å². The Morgan fingerprint density at radius 3 is 2.24 bits per heavy atom. The number of nitrogens with zero attached hydrogens (tertiary/aromatic N) is 1. The molecule has 0 saturated heterocycles. The molecule has 0 spiro atoms. The second-order valence-corrected chi connectivity index (χ2v) is 6.78. The number of nitrogens with two attached hydrogens (primary N) is 3. The van der Waals surface area contributed by atoms with Crippen LogP contribution < -0.4 is 16.6 Å². The summed E-state index contributed by atoms with van der Waals surface area (Å²) in [7, 11) is -8.61. The highest BCUT2D eigenvalue weighted by atomic mass is 32.2. The summed E-state index contributed by atoms with van der Waals surface area (Å²) in [5.74, 6) is -1.65. The Balaban J connectivity index is 3.04. The van der Waals surface area contributed by atoms with Crippen molar-refractivity contribution in [3.05, 3.63) is 24.3 Å². The molecule has 21 heavy (non-hydrogen) atoms. The number of primary sulfonamides is 1. The van der Waals surface area contributed by atoms with Gasteiger partial charge < -0.3 is 15.7 Å². The number of carbonyl (C=O) groups is 1. The lowest BCUT2D eigenvalue weighted by atomic mass is 10.4. The van der Waals surface area contributed by atoms with Crippen molar-refractivity contribution in [1.82, 2.24) is 0 Å². The predicted octanol–water partition coefficient (Wildman–Crippen LogP) is -2.16. The summed E-state index contributed by atoms with van der Waals surface area (Å²) < 4.78 is 50.1. The van der Waals surface area contributed by atoms with Crippen molar-refractivity contribution in [3.63, 3.8) is 0 Å². The molecule has 0 heterocycles. The van der Waals surface area contributed by atoms with Gasteiger partial charge in [-0.25, -0.2) is 23.3 Å². The van der Waals surface area contributed by atoms with E-state index in [1.54, 1.807) is 0 Å². The third kappa shape index (κ3) is 5.02. The predicted molar refractivity (Wildman–Crippen MR) is 71.8 cm³/mol. The average Bonchev–Trinajstić information content (AvgIpc) is 2.35. The number of sulfonamides is 1. The van der Waals surface area contributed by atoms with E-state index in [2.05, 4.69) is 9.18 Å². The first-order valence-electron chi connectivity index (χ1n) is 5.18. The number of carbonyl (C=O) groups excluding carboxylic acids is 1. The first-order chi connectivity index (χ1) is 9.52. The molecule has 0 aliphatic carbocycles. The second kappa shape index (κ2) is 6.07. The standard InChI is InChI=1S/C9H12N4O6S2/c10-9(11)13-5-8(14)19-21(17,18)7-3-1-2-6(4-7)20(12,15)16/h1-4H,5H2,(H4,10,11,13)(H2,12,15,16). The molecule has 1 aromatic rings. The molecule has 0 atom stereocenters. The SMILES string of the molecule is NC(N)=NCC(=O)OS(=O)(=O)c1cccc(S(N)(=O)=O)c1. The van der Waals surface area contributed by atoms with Gasteiger partial charge in [-0.3, -0.25) is 0 Å². The van der Waals surface area contributed by atoms with E-state index in [1.165, 1.54) is 0 Å². The molecular weight excluding hydrogens is 324 g/mol. The molecule has 10 nitrogen and oxygen atoms in total. The minimum atomic E-state index is -4.51. The van der Waals surface area contributed by atoms with Gasteiger partial charge in [0.25, 0.3) is 0 Å². The van der Waals surface area contributed by atoms with Crippen LogP contribution in [0.5, 0.6) is 0 Å². The van der Waals surface area contributed by atoms with Crippen molar-refractivity contribution >= 4 is 32.1 Å². The van der Waals surface area contributed by atoms with E-state index in [1.807, 2.05) is 0 Å². The molecule has 0 fully saturated rings. The third-order valence-electron chi connectivity index (χ3n) is 2.02. The van der Waals surface area contributed by atoms with Crippen LogP contribution in [0.2, 0.25) is 0 Å². The Morgan fingerprint density at radius 1 is 1.14 bits per heavy atom. The van der Waals surface area contributed by atoms with E-state index in [-0.39, 0.29) is 0 Å². The molecule has 0 unspecified atom stereocenters. The van der Waals surface area contributed by atoms with Gasteiger partial charge in [0.15, 0.2) is 5.96 Å². The van der Waals surface area contributed by atoms with Crippen molar-refractivity contribution in [2.24, 2.45) is 21.6 Å². The molecule has 0 aromatic heterocycles. The molecule has 12 heteroatoms. The van der Waals surface area contributed by atoms with Crippen molar-refractivity contribution < 1.29 is 25.8 Å². The zero-order valence-electron chi connectivity index (χ0n) is 10.5. The Bertz CT molecular complexity index is 780. The second-order valence-electron chi connectivity index (χ2n) is 3.67. The smallest absolute Gasteiger partial charge is 0.343 e. The van der Waals surface area contributed by atoms with Crippen LogP contribution in [0.4, 0.5) is 0 Å². The van der Waals surface area contributed by atoms with E-state index in [9.17, 15) is 21.6 Å². The molecule has 0 aliphatic heterocycles. The summed E-state index contributed by atoms with van der Waals surface area (Å²) in [5.41, 5.74) is 9.95. The lowest BCUT2D eigenvalue weighted by molar-refractivity contribution is -0.132. The summed E-state index contributed by atoms with van der Waals surface area (Å²) in [5, 5.41) is 4.88. The minimum Gasteiger partial charge on any atom is -0.370 e. The van der Waals surface area contributed by atoms with E-state index >= 15 is 0 Å². The highest BCUT2D eigenvalue weighted by molar-refractivity contribution is 7.89. The minimum absolute atomic E-state index is 0.416. The number of hydrogen-bond donors (Lipinski definition) is 3. The van der Waals surface area contributed by atoms with Gasteiger partial charge in [-0.1, -0.05) is 6.07 Å². The van der Waals surface area contributed by atoms with Crippen LogP contribution in [0.15, 0.2) is 39.0 Å². The van der Waals surface area contributed by atoms with Gasteiger partial charge in [-0.05, 0) is 18.2 Å². The maximum atomic E-state index is 11.8. The van der Waals surface area contributed by atoms with Gasteiger partial charge in [0, 0.05) is 0 Å². The number of aliphatic imine (C=N–C) groups is 1. The fourth-order valence-corrected chi connectivity index (χ4v) is 2.70. The zero-order valence-corrected chi connectivity index (χ0v) is 12.1. The molecule has 0 saturated carbocycles. The van der Waals surface area contributed by atoms with Gasteiger partial charge in [0.05, 0.1) is 4.90 Å². The third-order valence-corrected chi connectivity index (χ3v) is 4.16. The normalized spacial score (nSPS) is 11.7. The monoisotopic (exact) mass is 336 g/mol. The maximum absolute atomic E-state index is 11.8. The van der Waals surface area contributed by atoms with E-state index in [4.69, 9.17) is 16.6 Å². The number of benzene rings is 1. The molecule has 6 N–H and O–H groups in total. The number of rotatable bonds is 5. The molecule has 0 radical (unpaired) electrons. The van der Waals surface area contributed by atoms with Crippen LogP contribution in [-0.2, 0) is 29.1 Å². The topological polar surface area (TPSA) is 185 Å². The highest BCUT2D eigenvalue weighted by Crippen LogP contribution is 2.16. The van der Waals surface area contributed by atoms with Gasteiger partial charge in [-0.15, -0.1) is 0 Å². The quantitative estimate of drug-likeness (QED) is 0.308. The molecule has 0 bridgehead atoms. The molecule has 0 amide bonds. The van der Waals surface area contributed by atoms with Crippen LogP contribution in [0.1, 0.15) is 0 Å². The Morgan fingerprint density at radius 2 is 1.71 bits per heavy atom. The molecule has 0 aliphatic rings. The molecule has 116 valence electrons. The summed E-state index contributed by atoms with van der Waals surface area (Å²) >= 11 is 0. The van der Waals surface area contributed by atoms with Gasteiger partial charge in [-0.2, -0.15) is 8.42 Å². The fraction of sp³-hybridized carbons (Fsp3) is 0.111. The lowest BCUT2D eigenvalue weighted by Crippen LogP contribution is -2.25. The van der Waals surface area contributed by atoms with Gasteiger partial charge >= 0.3 is 16.1 Å². The van der Waals surface area contributed by atoms with E-state index in [0.717, 1.165) is 24.3 Å². The van der Waals surface area contributed by atoms with Crippen molar-refractivity contribution in [1.29, 1.82) is 0 Å². The molecule has 1 rings (SSSR count). The molecule has 1 aromatic carbocycles. The Labute approximate surface area is 120 Å². The summed E-state index contributed by atoms with van der Waals surface area (Å²) in [6, 6.07) is 4.03. The van der Waals surface area contributed by atoms with E-state index in [0.29, 0.717) is 0 Å². The van der Waals surface area contributed by atoms with Crippen molar-refractivity contribution in [3.8, 4) is 0 Å². The van der Waals surface area contributed by atoms with Crippen LogP contribution in [0, 0.1) is 0 Å². The van der Waals surface area contributed by atoms with E-state index < -0.39 is 48.4 Å². The number of guanidine groups is 1. The Hall–Kier alpha value is -2.18. The van der Waals surface area contributed by atoms with Crippen LogP contribution in [0.25, 0.3) is 0 Å². The first-order valence-corrected chi connectivity index (χ1v) is 8.13. The van der Waals surface area contributed by atoms with Gasteiger partial charge in [0.1, 0.15) is 11.4 Å². The summed E-state index contributed by atoms with van der Waals surface area (Å²) in [6.45, 7) is -0.698. The summed E-state index contributed by atoms with van der Waals surface area (Å²) in [6.07, 6.45) is 0. The largest absolute Gasteiger partial charge is 0.370 e. The van der Waals surface area contributed by atoms with Crippen LogP contribution >= 0.6 is 0 Å². The first kappa shape index (κ1) is 16.9. The lowest BCUT2D eigenvalue weighted by Gasteiger charge is -2.06.